The van der Waals surface area contributed by atoms with E-state index in [-0.39, 0.29) is 0 Å². The number of ether oxygens (including phenoxy) is 2. The van der Waals surface area contributed by atoms with Gasteiger partial charge in [0.05, 0.1) is 12.3 Å². The molecule has 1 unspecified atom stereocenters. The van der Waals surface area contributed by atoms with Crippen molar-refractivity contribution < 1.29 is 9.47 Å². The van der Waals surface area contributed by atoms with E-state index in [1.807, 2.05) is 0 Å². The molecule has 1 atom stereocenters. The van der Waals surface area contributed by atoms with Crippen molar-refractivity contribution in [1.29, 1.82) is 0 Å². The standard InChI is InChI=1S/C23H32N4O2/c1-26-11-7-19(16-26)23-24-22(4-2-3-17-8-12-28-13-9-17)27(25-23)20-5-6-21-18(15-20)10-14-29-21/h5-6,15,17,19H,2-4,7-14,16H2,1H3. The SMILES string of the molecule is CN1CCC(c2nc(CCCC3CCOCC3)n(-c3ccc4c(c3)CCO4)n2)C1. The molecule has 1 aromatic heterocycles. The van der Waals surface area contributed by atoms with E-state index in [2.05, 4.69) is 34.8 Å². The molecule has 2 saturated heterocycles. The van der Waals surface area contributed by atoms with Crippen LogP contribution >= 0.6 is 0 Å². The van der Waals surface area contributed by atoms with Crippen molar-refractivity contribution in [1.82, 2.24) is 19.7 Å². The van der Waals surface area contributed by atoms with Crippen LogP contribution in [0.2, 0.25) is 0 Å². The first-order chi connectivity index (χ1) is 14.3. The van der Waals surface area contributed by atoms with Crippen LogP contribution in [-0.2, 0) is 17.6 Å². The van der Waals surface area contributed by atoms with Gasteiger partial charge in [-0.25, -0.2) is 9.67 Å². The van der Waals surface area contributed by atoms with Crippen molar-refractivity contribution in [3.63, 3.8) is 0 Å². The van der Waals surface area contributed by atoms with E-state index in [9.17, 15) is 0 Å². The maximum absolute atomic E-state index is 5.69. The molecule has 2 aromatic rings. The Bertz CT molecular complexity index is 843. The Morgan fingerprint density at radius 1 is 1.14 bits per heavy atom. The second-order valence-corrected chi connectivity index (χ2v) is 8.88. The van der Waals surface area contributed by atoms with E-state index in [1.165, 1.54) is 31.2 Å². The molecule has 5 rings (SSSR count). The Morgan fingerprint density at radius 2 is 2.03 bits per heavy atom. The van der Waals surface area contributed by atoms with E-state index in [0.717, 1.165) is 81.2 Å². The molecule has 0 aliphatic carbocycles. The highest BCUT2D eigenvalue weighted by molar-refractivity contribution is 5.46. The average Bonchev–Trinajstić information content (AvgIpc) is 3.47. The third-order valence-corrected chi connectivity index (χ3v) is 6.72. The van der Waals surface area contributed by atoms with E-state index in [0.29, 0.717) is 5.92 Å². The fraction of sp³-hybridized carbons (Fsp3) is 0.652. The molecule has 0 bridgehead atoms. The van der Waals surface area contributed by atoms with Gasteiger partial charge in [-0.05, 0) is 75.4 Å². The summed E-state index contributed by atoms with van der Waals surface area (Å²) in [7, 11) is 2.19. The number of likely N-dealkylation sites (N-methyl/N-ethyl adjacent to an activating group) is 1. The Balaban J connectivity index is 1.36. The molecule has 1 aromatic carbocycles. The number of likely N-dealkylation sites (tertiary alicyclic amines) is 1. The maximum atomic E-state index is 5.69. The lowest BCUT2D eigenvalue weighted by molar-refractivity contribution is 0.0633. The van der Waals surface area contributed by atoms with Crippen LogP contribution in [0.5, 0.6) is 5.75 Å². The summed E-state index contributed by atoms with van der Waals surface area (Å²) in [6, 6.07) is 6.46. The zero-order valence-corrected chi connectivity index (χ0v) is 17.5. The molecule has 6 nitrogen and oxygen atoms in total. The van der Waals surface area contributed by atoms with Gasteiger partial charge in [-0.2, -0.15) is 5.10 Å². The van der Waals surface area contributed by atoms with Crippen LogP contribution in [-0.4, -0.2) is 59.6 Å². The topological polar surface area (TPSA) is 52.4 Å². The number of aryl methyl sites for hydroxylation is 1. The molecule has 156 valence electrons. The van der Waals surface area contributed by atoms with Gasteiger partial charge in [-0.1, -0.05) is 0 Å². The van der Waals surface area contributed by atoms with Gasteiger partial charge in [-0.15, -0.1) is 0 Å². The van der Waals surface area contributed by atoms with Gasteiger partial charge in [0.15, 0.2) is 5.82 Å². The van der Waals surface area contributed by atoms with Crippen molar-refractivity contribution in [2.75, 3.05) is 40.0 Å². The molecule has 0 saturated carbocycles. The lowest BCUT2D eigenvalue weighted by Gasteiger charge is -2.21. The van der Waals surface area contributed by atoms with Crippen LogP contribution < -0.4 is 4.74 Å². The minimum atomic E-state index is 0.452. The highest BCUT2D eigenvalue weighted by atomic mass is 16.5. The van der Waals surface area contributed by atoms with Crippen LogP contribution in [0, 0.1) is 5.92 Å². The van der Waals surface area contributed by atoms with Crippen molar-refractivity contribution in [3.8, 4) is 11.4 Å². The molecular formula is C23H32N4O2. The molecule has 29 heavy (non-hydrogen) atoms. The molecule has 3 aliphatic heterocycles. The lowest BCUT2D eigenvalue weighted by Crippen LogP contribution is -2.16. The van der Waals surface area contributed by atoms with Crippen molar-refractivity contribution in [2.45, 2.75) is 50.9 Å². The van der Waals surface area contributed by atoms with E-state index in [1.54, 1.807) is 0 Å². The minimum Gasteiger partial charge on any atom is -0.493 e. The zero-order valence-electron chi connectivity index (χ0n) is 17.5. The first-order valence-corrected chi connectivity index (χ1v) is 11.2. The Hall–Kier alpha value is -1.92. The molecule has 0 spiro atoms. The number of hydrogen-bond acceptors (Lipinski definition) is 5. The summed E-state index contributed by atoms with van der Waals surface area (Å²) in [6.45, 7) is 4.83. The molecule has 0 amide bonds. The Morgan fingerprint density at radius 3 is 2.86 bits per heavy atom. The number of rotatable bonds is 6. The van der Waals surface area contributed by atoms with Gasteiger partial charge in [0.1, 0.15) is 11.6 Å². The fourth-order valence-corrected chi connectivity index (χ4v) is 4.94. The minimum absolute atomic E-state index is 0.452. The third kappa shape index (κ3) is 4.19. The Labute approximate surface area is 173 Å². The van der Waals surface area contributed by atoms with Gasteiger partial charge in [-0.3, -0.25) is 0 Å². The van der Waals surface area contributed by atoms with Crippen LogP contribution in [0.3, 0.4) is 0 Å². The van der Waals surface area contributed by atoms with E-state index >= 15 is 0 Å². The molecular weight excluding hydrogens is 364 g/mol. The van der Waals surface area contributed by atoms with Crippen molar-refractivity contribution in [2.24, 2.45) is 5.92 Å². The van der Waals surface area contributed by atoms with Gasteiger partial charge in [0.2, 0.25) is 0 Å². The number of benzene rings is 1. The summed E-state index contributed by atoms with van der Waals surface area (Å²) in [6.07, 6.45) is 7.96. The van der Waals surface area contributed by atoms with Crippen molar-refractivity contribution >= 4 is 0 Å². The summed E-state index contributed by atoms with van der Waals surface area (Å²) >= 11 is 0. The molecule has 2 fully saturated rings. The van der Waals surface area contributed by atoms with Crippen LogP contribution in [0.4, 0.5) is 0 Å². The highest BCUT2D eigenvalue weighted by Gasteiger charge is 2.26. The zero-order chi connectivity index (χ0) is 19.6. The van der Waals surface area contributed by atoms with Gasteiger partial charge >= 0.3 is 0 Å². The molecule has 4 heterocycles. The predicted molar refractivity (Wildman–Crippen MR) is 112 cm³/mol. The van der Waals surface area contributed by atoms with Gasteiger partial charge in [0, 0.05) is 38.5 Å². The number of aromatic nitrogens is 3. The van der Waals surface area contributed by atoms with Crippen molar-refractivity contribution in [3.05, 3.63) is 35.4 Å². The number of hydrogen-bond donors (Lipinski definition) is 0. The summed E-state index contributed by atoms with van der Waals surface area (Å²) in [5, 5.41) is 5.01. The highest BCUT2D eigenvalue weighted by Crippen LogP contribution is 2.30. The third-order valence-electron chi connectivity index (χ3n) is 6.72. The van der Waals surface area contributed by atoms with Gasteiger partial charge in [0.25, 0.3) is 0 Å². The first-order valence-electron chi connectivity index (χ1n) is 11.2. The average molecular weight is 397 g/mol. The van der Waals surface area contributed by atoms with Gasteiger partial charge < -0.3 is 14.4 Å². The summed E-state index contributed by atoms with van der Waals surface area (Å²) in [5.41, 5.74) is 2.41. The molecule has 0 radical (unpaired) electrons. The summed E-state index contributed by atoms with van der Waals surface area (Å²) in [4.78, 5) is 7.43. The second kappa shape index (κ2) is 8.44. The number of fused-ring (bicyclic) bond motifs is 1. The first kappa shape index (κ1) is 19.1. The molecule has 3 aliphatic rings. The van der Waals surface area contributed by atoms with E-state index in [4.69, 9.17) is 19.6 Å². The van der Waals surface area contributed by atoms with Crippen LogP contribution in [0.15, 0.2) is 18.2 Å². The predicted octanol–water partition coefficient (Wildman–Crippen LogP) is 3.37. The molecule has 0 N–H and O–H groups in total. The molecule has 6 heteroatoms. The summed E-state index contributed by atoms with van der Waals surface area (Å²) < 4.78 is 13.3. The Kier molecular flexibility index (Phi) is 5.55. The smallest absolute Gasteiger partial charge is 0.155 e. The van der Waals surface area contributed by atoms with Crippen LogP contribution in [0.1, 0.15) is 55.2 Å². The normalized spacial score (nSPS) is 22.7. The monoisotopic (exact) mass is 396 g/mol. The second-order valence-electron chi connectivity index (χ2n) is 8.88. The fourth-order valence-electron chi connectivity index (χ4n) is 4.94. The summed E-state index contributed by atoms with van der Waals surface area (Å²) in [5.74, 6) is 4.41. The lowest BCUT2D eigenvalue weighted by atomic mass is 9.94. The van der Waals surface area contributed by atoms with E-state index < -0.39 is 0 Å². The quantitative estimate of drug-likeness (QED) is 0.749. The largest absolute Gasteiger partial charge is 0.493 e. The van der Waals surface area contributed by atoms with Crippen LogP contribution in [0.25, 0.3) is 5.69 Å². The number of nitrogens with zero attached hydrogens (tertiary/aromatic N) is 4. The maximum Gasteiger partial charge on any atom is 0.155 e.